The van der Waals surface area contributed by atoms with E-state index in [1.165, 1.54) is 6.33 Å². The molecule has 0 bridgehead atoms. The van der Waals surface area contributed by atoms with Gasteiger partial charge < -0.3 is 10.4 Å². The van der Waals surface area contributed by atoms with Crippen molar-refractivity contribution in [3.8, 4) is 0 Å². The number of carboxylic acids is 1. The lowest BCUT2D eigenvalue weighted by molar-refractivity contribution is -0.137. The summed E-state index contributed by atoms with van der Waals surface area (Å²) in [7, 11) is 0. The molecule has 5 nitrogen and oxygen atoms in total. The predicted octanol–water partition coefficient (Wildman–Crippen LogP) is 1.63. The fraction of sp³-hybridized carbons (Fsp3) is 0.583. The maximum absolute atomic E-state index is 11.0. The Kier molecular flexibility index (Phi) is 3.56. The zero-order valence-corrected chi connectivity index (χ0v) is 9.94. The van der Waals surface area contributed by atoms with Crippen LogP contribution in [0.1, 0.15) is 37.4 Å². The molecule has 0 amide bonds. The summed E-state index contributed by atoms with van der Waals surface area (Å²) in [5.41, 5.74) is 2.16. The van der Waals surface area contributed by atoms with Crippen molar-refractivity contribution in [3.05, 3.63) is 17.6 Å². The number of rotatable bonds is 4. The van der Waals surface area contributed by atoms with Gasteiger partial charge in [-0.25, -0.2) is 14.8 Å². The highest BCUT2D eigenvalue weighted by atomic mass is 16.4. The van der Waals surface area contributed by atoms with Crippen molar-refractivity contribution in [2.24, 2.45) is 0 Å². The zero-order chi connectivity index (χ0) is 12.3. The molecule has 0 radical (unpaired) electrons. The van der Waals surface area contributed by atoms with Crippen molar-refractivity contribution >= 4 is 11.8 Å². The lowest BCUT2D eigenvalue weighted by atomic mass is 9.96. The Morgan fingerprint density at radius 1 is 1.47 bits per heavy atom. The van der Waals surface area contributed by atoms with Crippen molar-refractivity contribution < 1.29 is 9.90 Å². The molecule has 17 heavy (non-hydrogen) atoms. The summed E-state index contributed by atoms with van der Waals surface area (Å²) < 4.78 is 0. The quantitative estimate of drug-likeness (QED) is 0.829. The molecule has 1 heterocycles. The molecular weight excluding hydrogens is 218 g/mol. The third-order valence-corrected chi connectivity index (χ3v) is 3.14. The zero-order valence-electron chi connectivity index (χ0n) is 9.94. The van der Waals surface area contributed by atoms with Crippen LogP contribution in [0.5, 0.6) is 0 Å². The van der Waals surface area contributed by atoms with Crippen LogP contribution in [0.2, 0.25) is 0 Å². The van der Waals surface area contributed by atoms with E-state index >= 15 is 0 Å². The first-order valence-electron chi connectivity index (χ1n) is 6.04. The van der Waals surface area contributed by atoms with Gasteiger partial charge in [-0.15, -0.1) is 0 Å². The van der Waals surface area contributed by atoms with Crippen molar-refractivity contribution in [1.29, 1.82) is 0 Å². The number of anilines is 1. The summed E-state index contributed by atoms with van der Waals surface area (Å²) in [5.74, 6) is -0.139. The van der Waals surface area contributed by atoms with Crippen LogP contribution in [0.15, 0.2) is 6.33 Å². The number of nitrogens with zero attached hydrogens (tertiary/aromatic N) is 2. The lowest BCUT2D eigenvalue weighted by Gasteiger charge is -2.20. The summed E-state index contributed by atoms with van der Waals surface area (Å²) in [4.78, 5) is 19.4. The van der Waals surface area contributed by atoms with Gasteiger partial charge in [0.1, 0.15) is 18.2 Å². The van der Waals surface area contributed by atoms with Gasteiger partial charge in [-0.2, -0.15) is 0 Å². The number of aliphatic carboxylic acids is 1. The standard InChI is InChI=1S/C12H17N3O2/c1-2-9(12(16)17)15-11-8-5-3-4-6-10(8)13-7-14-11/h7,9H,2-6H2,1H3,(H,16,17)(H,13,14,15). The van der Waals surface area contributed by atoms with Crippen LogP contribution >= 0.6 is 0 Å². The van der Waals surface area contributed by atoms with Gasteiger partial charge in [0, 0.05) is 11.3 Å². The highest BCUT2D eigenvalue weighted by molar-refractivity contribution is 5.77. The van der Waals surface area contributed by atoms with E-state index in [0.717, 1.165) is 36.9 Å². The summed E-state index contributed by atoms with van der Waals surface area (Å²) in [5, 5.41) is 12.0. The van der Waals surface area contributed by atoms with E-state index in [1.807, 2.05) is 6.92 Å². The Morgan fingerprint density at radius 3 is 2.94 bits per heavy atom. The summed E-state index contributed by atoms with van der Waals surface area (Å²) in [6.07, 6.45) is 6.23. The first kappa shape index (κ1) is 11.8. The normalized spacial score (nSPS) is 16.1. The molecule has 2 N–H and O–H groups in total. The molecule has 1 atom stereocenters. The number of carbonyl (C=O) groups is 1. The highest BCUT2D eigenvalue weighted by Crippen LogP contribution is 2.24. The number of hydrogen-bond acceptors (Lipinski definition) is 4. The van der Waals surface area contributed by atoms with E-state index in [4.69, 9.17) is 5.11 Å². The minimum absolute atomic E-state index is 0.536. The molecule has 0 fully saturated rings. The summed E-state index contributed by atoms with van der Waals surface area (Å²) in [6, 6.07) is -0.573. The fourth-order valence-corrected chi connectivity index (χ4v) is 2.15. The number of hydrogen-bond donors (Lipinski definition) is 2. The largest absolute Gasteiger partial charge is 0.480 e. The summed E-state index contributed by atoms with van der Waals surface area (Å²) in [6.45, 7) is 1.85. The fourth-order valence-electron chi connectivity index (χ4n) is 2.15. The Morgan fingerprint density at radius 2 is 2.24 bits per heavy atom. The average molecular weight is 235 g/mol. The molecule has 5 heteroatoms. The highest BCUT2D eigenvalue weighted by Gasteiger charge is 2.20. The van der Waals surface area contributed by atoms with E-state index < -0.39 is 12.0 Å². The van der Waals surface area contributed by atoms with Crippen LogP contribution in [-0.2, 0) is 17.6 Å². The van der Waals surface area contributed by atoms with Crippen molar-refractivity contribution in [2.45, 2.75) is 45.1 Å². The van der Waals surface area contributed by atoms with Gasteiger partial charge in [0.05, 0.1) is 0 Å². The van der Waals surface area contributed by atoms with Crippen molar-refractivity contribution in [2.75, 3.05) is 5.32 Å². The molecule has 2 rings (SSSR count). The Hall–Kier alpha value is -1.65. The third kappa shape index (κ3) is 2.54. The maximum atomic E-state index is 11.0. The van der Waals surface area contributed by atoms with Crippen LogP contribution in [0, 0.1) is 0 Å². The minimum atomic E-state index is -0.837. The van der Waals surface area contributed by atoms with Crippen LogP contribution in [-0.4, -0.2) is 27.1 Å². The van der Waals surface area contributed by atoms with Gasteiger partial charge >= 0.3 is 5.97 Å². The molecule has 0 saturated carbocycles. The molecule has 1 aromatic rings. The Balaban J connectivity index is 2.23. The number of carboxylic acid groups (broad SMARTS) is 1. The molecule has 0 saturated heterocycles. The van der Waals surface area contributed by atoms with Gasteiger partial charge in [0.25, 0.3) is 0 Å². The molecule has 92 valence electrons. The predicted molar refractivity (Wildman–Crippen MR) is 64.0 cm³/mol. The second kappa shape index (κ2) is 5.12. The molecule has 0 aromatic carbocycles. The van der Waals surface area contributed by atoms with Crippen LogP contribution in [0.25, 0.3) is 0 Å². The molecule has 1 unspecified atom stereocenters. The average Bonchev–Trinajstić information content (AvgIpc) is 2.35. The topological polar surface area (TPSA) is 75.1 Å². The Bertz CT molecular complexity index is 420. The number of fused-ring (bicyclic) bond motifs is 1. The van der Waals surface area contributed by atoms with Gasteiger partial charge in [-0.1, -0.05) is 6.92 Å². The summed E-state index contributed by atoms with van der Waals surface area (Å²) >= 11 is 0. The Labute approximate surface area is 100 Å². The van der Waals surface area contributed by atoms with E-state index in [-0.39, 0.29) is 0 Å². The van der Waals surface area contributed by atoms with Crippen molar-refractivity contribution in [1.82, 2.24) is 9.97 Å². The molecule has 0 aliphatic heterocycles. The van der Waals surface area contributed by atoms with Crippen molar-refractivity contribution in [3.63, 3.8) is 0 Å². The number of aryl methyl sites for hydroxylation is 1. The SMILES string of the molecule is CCC(Nc1ncnc2c1CCCC2)C(=O)O. The first-order valence-corrected chi connectivity index (χ1v) is 6.04. The van der Waals surface area contributed by atoms with Gasteiger partial charge in [0.15, 0.2) is 0 Å². The maximum Gasteiger partial charge on any atom is 0.326 e. The molecule has 0 spiro atoms. The monoisotopic (exact) mass is 235 g/mol. The molecule has 1 aliphatic rings. The van der Waals surface area contributed by atoms with Gasteiger partial charge in [-0.3, -0.25) is 0 Å². The van der Waals surface area contributed by atoms with Gasteiger partial charge in [-0.05, 0) is 32.1 Å². The first-order chi connectivity index (χ1) is 8.22. The van der Waals surface area contributed by atoms with Gasteiger partial charge in [0.2, 0.25) is 0 Å². The molecule has 1 aliphatic carbocycles. The molecular formula is C12H17N3O2. The van der Waals surface area contributed by atoms with Crippen LogP contribution in [0.4, 0.5) is 5.82 Å². The van der Waals surface area contributed by atoms with E-state index in [9.17, 15) is 4.79 Å². The van der Waals surface area contributed by atoms with E-state index in [1.54, 1.807) is 0 Å². The minimum Gasteiger partial charge on any atom is -0.480 e. The lowest BCUT2D eigenvalue weighted by Crippen LogP contribution is -2.29. The van der Waals surface area contributed by atoms with Crippen LogP contribution in [0.3, 0.4) is 0 Å². The van der Waals surface area contributed by atoms with Crippen LogP contribution < -0.4 is 5.32 Å². The third-order valence-electron chi connectivity index (χ3n) is 3.14. The smallest absolute Gasteiger partial charge is 0.326 e. The van der Waals surface area contributed by atoms with E-state index in [0.29, 0.717) is 12.2 Å². The second-order valence-electron chi connectivity index (χ2n) is 4.30. The number of nitrogens with one attached hydrogen (secondary N) is 1. The number of aromatic nitrogens is 2. The second-order valence-corrected chi connectivity index (χ2v) is 4.30. The molecule has 1 aromatic heterocycles. The van der Waals surface area contributed by atoms with E-state index in [2.05, 4.69) is 15.3 Å².